The Kier molecular flexibility index (Phi) is 9.02. The molecule has 114 valence electrons. The van der Waals surface area contributed by atoms with E-state index >= 15 is 0 Å². The summed E-state index contributed by atoms with van der Waals surface area (Å²) in [6.07, 6.45) is 3.89. The van der Waals surface area contributed by atoms with E-state index in [1.165, 1.54) is 6.42 Å². The highest BCUT2D eigenvalue weighted by atomic mass is 16.5. The van der Waals surface area contributed by atoms with Crippen LogP contribution in [0.4, 0.5) is 0 Å². The van der Waals surface area contributed by atoms with Crippen LogP contribution in [0.1, 0.15) is 60.3 Å². The number of nitrogens with zero attached hydrogens (tertiary/aromatic N) is 1. The quantitative estimate of drug-likeness (QED) is 0.490. The maximum absolute atomic E-state index is 11.6. The minimum absolute atomic E-state index is 0.288. The van der Waals surface area contributed by atoms with Gasteiger partial charge >= 0.3 is 5.97 Å². The first kappa shape index (κ1) is 18.4. The van der Waals surface area contributed by atoms with Gasteiger partial charge in [-0.3, -0.25) is 4.79 Å². The van der Waals surface area contributed by atoms with Crippen LogP contribution in [-0.4, -0.2) is 42.1 Å². The predicted molar refractivity (Wildman–Crippen MR) is 80.1 cm³/mol. The SMILES string of the molecule is CCOC(=O)C(C)(N)CCCCN(CC)C(C)CC. The standard InChI is InChI=1S/C15H32N2O2/c1-6-13(4)17(7-2)12-10-9-11-15(5,16)14(18)19-8-3/h13H,6-12,16H2,1-5H3. The maximum Gasteiger partial charge on any atom is 0.325 e. The third kappa shape index (κ3) is 6.92. The zero-order valence-electron chi connectivity index (χ0n) is 13.4. The molecule has 0 saturated carbocycles. The van der Waals surface area contributed by atoms with Gasteiger partial charge in [0.15, 0.2) is 0 Å². The lowest BCUT2D eigenvalue weighted by molar-refractivity contribution is -0.149. The second kappa shape index (κ2) is 9.32. The molecule has 2 unspecified atom stereocenters. The molecule has 0 aliphatic carbocycles. The Labute approximate surface area is 118 Å². The normalized spacial score (nSPS) is 16.2. The van der Waals surface area contributed by atoms with Gasteiger partial charge in [-0.2, -0.15) is 0 Å². The van der Waals surface area contributed by atoms with Gasteiger partial charge in [0.1, 0.15) is 5.54 Å². The Bertz CT molecular complexity index is 255. The van der Waals surface area contributed by atoms with Crippen molar-refractivity contribution < 1.29 is 9.53 Å². The van der Waals surface area contributed by atoms with Crippen molar-refractivity contribution in [3.63, 3.8) is 0 Å². The molecule has 4 nitrogen and oxygen atoms in total. The molecule has 19 heavy (non-hydrogen) atoms. The number of unbranched alkanes of at least 4 members (excludes halogenated alkanes) is 1. The van der Waals surface area contributed by atoms with E-state index in [-0.39, 0.29) is 5.97 Å². The van der Waals surface area contributed by atoms with Crippen molar-refractivity contribution in [1.29, 1.82) is 0 Å². The summed E-state index contributed by atoms with van der Waals surface area (Å²) in [5.74, 6) is -0.288. The molecule has 2 N–H and O–H groups in total. The Morgan fingerprint density at radius 3 is 2.42 bits per heavy atom. The smallest absolute Gasteiger partial charge is 0.325 e. The second-order valence-corrected chi connectivity index (χ2v) is 5.48. The van der Waals surface area contributed by atoms with E-state index in [2.05, 4.69) is 25.7 Å². The number of nitrogens with two attached hydrogens (primary N) is 1. The number of carbonyl (C=O) groups excluding carboxylic acids is 1. The third-order valence-corrected chi connectivity index (χ3v) is 3.75. The molecule has 0 bridgehead atoms. The molecule has 0 rings (SSSR count). The monoisotopic (exact) mass is 272 g/mol. The highest BCUT2D eigenvalue weighted by Gasteiger charge is 2.29. The topological polar surface area (TPSA) is 55.6 Å². The fraction of sp³-hybridized carbons (Fsp3) is 0.933. The zero-order chi connectivity index (χ0) is 14.9. The first-order valence-corrected chi connectivity index (χ1v) is 7.59. The Balaban J connectivity index is 3.99. The molecule has 0 aliphatic heterocycles. The molecule has 0 aliphatic rings. The van der Waals surface area contributed by atoms with E-state index in [9.17, 15) is 4.79 Å². The number of ether oxygens (including phenoxy) is 1. The molecule has 4 heteroatoms. The van der Waals surface area contributed by atoms with Crippen LogP contribution in [0.5, 0.6) is 0 Å². The van der Waals surface area contributed by atoms with E-state index in [1.54, 1.807) is 13.8 Å². The molecular formula is C15H32N2O2. The molecular weight excluding hydrogens is 240 g/mol. The largest absolute Gasteiger partial charge is 0.465 e. The van der Waals surface area contributed by atoms with Gasteiger partial charge in [-0.1, -0.05) is 13.8 Å². The van der Waals surface area contributed by atoms with Crippen molar-refractivity contribution in [3.8, 4) is 0 Å². The maximum atomic E-state index is 11.6. The summed E-state index contributed by atoms with van der Waals surface area (Å²) in [7, 11) is 0. The lowest BCUT2D eigenvalue weighted by atomic mass is 9.96. The summed E-state index contributed by atoms with van der Waals surface area (Å²) in [6.45, 7) is 12.8. The van der Waals surface area contributed by atoms with Crippen molar-refractivity contribution >= 4 is 5.97 Å². The summed E-state index contributed by atoms with van der Waals surface area (Å²) >= 11 is 0. The Hall–Kier alpha value is -0.610. The van der Waals surface area contributed by atoms with E-state index in [0.29, 0.717) is 19.1 Å². The fourth-order valence-corrected chi connectivity index (χ4v) is 2.15. The summed E-state index contributed by atoms with van der Waals surface area (Å²) < 4.78 is 4.99. The molecule has 0 spiro atoms. The highest BCUT2D eigenvalue weighted by molar-refractivity contribution is 5.79. The van der Waals surface area contributed by atoms with Crippen LogP contribution >= 0.6 is 0 Å². The van der Waals surface area contributed by atoms with Crippen molar-refractivity contribution in [2.75, 3.05) is 19.7 Å². The van der Waals surface area contributed by atoms with Crippen LogP contribution in [0, 0.1) is 0 Å². The summed E-state index contributed by atoms with van der Waals surface area (Å²) in [5, 5.41) is 0. The molecule has 0 radical (unpaired) electrons. The van der Waals surface area contributed by atoms with Gasteiger partial charge in [-0.25, -0.2) is 0 Å². The van der Waals surface area contributed by atoms with Crippen molar-refractivity contribution in [2.45, 2.75) is 71.9 Å². The van der Waals surface area contributed by atoms with Crippen LogP contribution < -0.4 is 5.73 Å². The Morgan fingerprint density at radius 1 is 1.32 bits per heavy atom. The number of esters is 1. The van der Waals surface area contributed by atoms with Gasteiger partial charge in [0.2, 0.25) is 0 Å². The third-order valence-electron chi connectivity index (χ3n) is 3.75. The van der Waals surface area contributed by atoms with Crippen LogP contribution in [0.2, 0.25) is 0 Å². The molecule has 0 aromatic carbocycles. The lowest BCUT2D eigenvalue weighted by Gasteiger charge is -2.27. The lowest BCUT2D eigenvalue weighted by Crippen LogP contribution is -2.46. The van der Waals surface area contributed by atoms with Crippen LogP contribution in [0.25, 0.3) is 0 Å². The van der Waals surface area contributed by atoms with Gasteiger partial charge in [0.05, 0.1) is 6.61 Å². The van der Waals surface area contributed by atoms with E-state index in [1.807, 2.05) is 0 Å². The van der Waals surface area contributed by atoms with Crippen molar-refractivity contribution in [3.05, 3.63) is 0 Å². The molecule has 0 fully saturated rings. The fourth-order valence-electron chi connectivity index (χ4n) is 2.15. The van der Waals surface area contributed by atoms with Crippen molar-refractivity contribution in [1.82, 2.24) is 4.90 Å². The van der Waals surface area contributed by atoms with Crippen LogP contribution in [0.3, 0.4) is 0 Å². The minimum Gasteiger partial charge on any atom is -0.465 e. The van der Waals surface area contributed by atoms with Gasteiger partial charge in [0, 0.05) is 6.04 Å². The van der Waals surface area contributed by atoms with E-state index < -0.39 is 5.54 Å². The molecule has 0 saturated heterocycles. The summed E-state index contributed by atoms with van der Waals surface area (Å²) in [4.78, 5) is 14.1. The Morgan fingerprint density at radius 2 is 1.95 bits per heavy atom. The first-order valence-electron chi connectivity index (χ1n) is 7.59. The van der Waals surface area contributed by atoms with Gasteiger partial charge in [0.25, 0.3) is 0 Å². The average molecular weight is 272 g/mol. The molecule has 0 aromatic heterocycles. The van der Waals surface area contributed by atoms with Gasteiger partial charge < -0.3 is 15.4 Å². The molecule has 2 atom stereocenters. The van der Waals surface area contributed by atoms with E-state index in [0.717, 1.165) is 25.9 Å². The van der Waals surface area contributed by atoms with Crippen LogP contribution in [0.15, 0.2) is 0 Å². The van der Waals surface area contributed by atoms with Gasteiger partial charge in [-0.05, 0) is 59.5 Å². The van der Waals surface area contributed by atoms with Crippen LogP contribution in [-0.2, 0) is 9.53 Å². The number of rotatable bonds is 10. The molecule has 0 aromatic rings. The zero-order valence-corrected chi connectivity index (χ0v) is 13.4. The second-order valence-electron chi connectivity index (χ2n) is 5.48. The van der Waals surface area contributed by atoms with Gasteiger partial charge in [-0.15, -0.1) is 0 Å². The highest BCUT2D eigenvalue weighted by Crippen LogP contribution is 2.14. The summed E-state index contributed by atoms with van der Waals surface area (Å²) in [6, 6.07) is 0.624. The number of carbonyl (C=O) groups is 1. The van der Waals surface area contributed by atoms with E-state index in [4.69, 9.17) is 10.5 Å². The molecule has 0 heterocycles. The van der Waals surface area contributed by atoms with Crippen molar-refractivity contribution in [2.24, 2.45) is 5.73 Å². The number of hydrogen-bond acceptors (Lipinski definition) is 4. The first-order chi connectivity index (χ1) is 8.88. The average Bonchev–Trinajstić information content (AvgIpc) is 2.38. The predicted octanol–water partition coefficient (Wildman–Crippen LogP) is 2.56. The summed E-state index contributed by atoms with van der Waals surface area (Å²) in [5.41, 5.74) is 5.15. The minimum atomic E-state index is -0.844. The number of hydrogen-bond donors (Lipinski definition) is 1. The molecule has 0 amide bonds.